The highest BCUT2D eigenvalue weighted by Gasteiger charge is 2.10. The summed E-state index contributed by atoms with van der Waals surface area (Å²) in [5.41, 5.74) is 2.76. The zero-order valence-corrected chi connectivity index (χ0v) is 12.6. The number of hydrogen-bond acceptors (Lipinski definition) is 4. The van der Waals surface area contributed by atoms with E-state index in [0.29, 0.717) is 5.56 Å². The van der Waals surface area contributed by atoms with Crippen molar-refractivity contribution in [3.05, 3.63) is 74.0 Å². The summed E-state index contributed by atoms with van der Waals surface area (Å²) in [7, 11) is 0. The summed E-state index contributed by atoms with van der Waals surface area (Å²) in [5, 5.41) is 14.4. The fraction of sp³-hybridized carbons (Fsp3) is 0. The van der Waals surface area contributed by atoms with Crippen molar-refractivity contribution in [2.45, 2.75) is 0 Å². The molecule has 0 spiro atoms. The van der Waals surface area contributed by atoms with Gasteiger partial charge < -0.3 is 0 Å². The number of rotatable bonds is 4. The molecular formula is C14H9BrFN3O3. The van der Waals surface area contributed by atoms with Crippen LogP contribution in [0.15, 0.2) is 52.0 Å². The Morgan fingerprint density at radius 3 is 2.77 bits per heavy atom. The van der Waals surface area contributed by atoms with Gasteiger partial charge in [-0.25, -0.2) is 9.82 Å². The van der Waals surface area contributed by atoms with Gasteiger partial charge in [0.2, 0.25) is 0 Å². The number of hydrazone groups is 1. The van der Waals surface area contributed by atoms with Crippen molar-refractivity contribution in [2.75, 3.05) is 0 Å². The Balaban J connectivity index is 2.06. The quantitative estimate of drug-likeness (QED) is 0.512. The molecular weight excluding hydrogens is 357 g/mol. The Hall–Kier alpha value is -2.61. The third-order valence-electron chi connectivity index (χ3n) is 2.64. The number of carbonyl (C=O) groups is 1. The Morgan fingerprint density at radius 2 is 2.09 bits per heavy atom. The SMILES string of the molecule is O=C(N/N=C\c1ccc(F)c(Br)c1)c1cccc([N+](=O)[O-])c1. The molecule has 0 aliphatic carbocycles. The van der Waals surface area contributed by atoms with Crippen molar-refractivity contribution in [3.63, 3.8) is 0 Å². The summed E-state index contributed by atoms with van der Waals surface area (Å²) in [6, 6.07) is 9.53. The van der Waals surface area contributed by atoms with E-state index in [0.717, 1.165) is 6.07 Å². The summed E-state index contributed by atoms with van der Waals surface area (Å²) >= 11 is 3.04. The molecule has 1 amide bonds. The lowest BCUT2D eigenvalue weighted by atomic mass is 10.2. The number of amides is 1. The molecule has 2 rings (SSSR count). The van der Waals surface area contributed by atoms with Gasteiger partial charge in [0.05, 0.1) is 15.6 Å². The first-order chi connectivity index (χ1) is 10.5. The zero-order valence-electron chi connectivity index (χ0n) is 11.0. The van der Waals surface area contributed by atoms with E-state index in [4.69, 9.17) is 0 Å². The van der Waals surface area contributed by atoms with Gasteiger partial charge in [-0.3, -0.25) is 14.9 Å². The smallest absolute Gasteiger partial charge is 0.267 e. The third-order valence-corrected chi connectivity index (χ3v) is 3.25. The molecule has 0 aliphatic rings. The number of benzene rings is 2. The number of non-ortho nitro benzene ring substituents is 1. The second kappa shape index (κ2) is 6.90. The maximum absolute atomic E-state index is 13.1. The maximum atomic E-state index is 13.1. The average molecular weight is 366 g/mol. The van der Waals surface area contributed by atoms with Gasteiger partial charge in [-0.15, -0.1) is 0 Å². The Kier molecular flexibility index (Phi) is 4.95. The molecule has 22 heavy (non-hydrogen) atoms. The van der Waals surface area contributed by atoms with Crippen LogP contribution in [0.3, 0.4) is 0 Å². The number of nitro benzene ring substituents is 1. The molecule has 0 saturated heterocycles. The molecule has 0 bridgehead atoms. The number of carbonyl (C=O) groups excluding carboxylic acids is 1. The first kappa shape index (κ1) is 15.8. The van der Waals surface area contributed by atoms with E-state index in [9.17, 15) is 19.3 Å². The molecule has 0 fully saturated rings. The van der Waals surface area contributed by atoms with Crippen molar-refractivity contribution < 1.29 is 14.1 Å². The first-order valence-electron chi connectivity index (χ1n) is 6.00. The maximum Gasteiger partial charge on any atom is 0.271 e. The number of halogens is 2. The number of nitro groups is 1. The van der Waals surface area contributed by atoms with E-state index in [1.54, 1.807) is 0 Å². The van der Waals surface area contributed by atoms with Crippen LogP contribution in [0.4, 0.5) is 10.1 Å². The highest BCUT2D eigenvalue weighted by molar-refractivity contribution is 9.10. The lowest BCUT2D eigenvalue weighted by molar-refractivity contribution is -0.384. The Labute approximate surface area is 132 Å². The third kappa shape index (κ3) is 3.95. The number of nitrogens with one attached hydrogen (secondary N) is 1. The molecule has 0 radical (unpaired) electrons. The Bertz CT molecular complexity index is 765. The zero-order chi connectivity index (χ0) is 16.1. The summed E-state index contributed by atoms with van der Waals surface area (Å²) in [5.74, 6) is -0.987. The molecule has 0 atom stereocenters. The monoisotopic (exact) mass is 365 g/mol. The molecule has 0 aromatic heterocycles. The minimum atomic E-state index is -0.587. The molecule has 8 heteroatoms. The number of hydrogen-bond donors (Lipinski definition) is 1. The predicted molar refractivity (Wildman–Crippen MR) is 82.3 cm³/mol. The summed E-state index contributed by atoms with van der Waals surface area (Å²) < 4.78 is 13.3. The highest BCUT2D eigenvalue weighted by atomic mass is 79.9. The largest absolute Gasteiger partial charge is 0.271 e. The van der Waals surface area contributed by atoms with Gasteiger partial charge in [0.15, 0.2) is 0 Å². The van der Waals surface area contributed by atoms with Gasteiger partial charge in [0.1, 0.15) is 5.82 Å². The van der Waals surface area contributed by atoms with E-state index in [1.165, 1.54) is 42.6 Å². The average Bonchev–Trinajstić information content (AvgIpc) is 2.51. The van der Waals surface area contributed by atoms with Crippen LogP contribution >= 0.6 is 15.9 Å². The molecule has 2 aromatic carbocycles. The topological polar surface area (TPSA) is 84.6 Å². The van der Waals surface area contributed by atoms with Crippen molar-refractivity contribution >= 4 is 33.7 Å². The molecule has 0 unspecified atom stereocenters. The fourth-order valence-corrected chi connectivity index (χ4v) is 1.98. The van der Waals surface area contributed by atoms with Gasteiger partial charge in [0, 0.05) is 17.7 Å². The number of nitrogens with zero attached hydrogens (tertiary/aromatic N) is 2. The molecule has 6 nitrogen and oxygen atoms in total. The second-order valence-electron chi connectivity index (χ2n) is 4.18. The lowest BCUT2D eigenvalue weighted by Crippen LogP contribution is -2.17. The van der Waals surface area contributed by atoms with Crippen LogP contribution in [0.2, 0.25) is 0 Å². The van der Waals surface area contributed by atoms with Crippen molar-refractivity contribution in [1.29, 1.82) is 0 Å². The normalized spacial score (nSPS) is 10.6. The predicted octanol–water partition coefficient (Wildman–Crippen LogP) is 3.26. The molecule has 0 saturated carbocycles. The molecule has 0 heterocycles. The highest BCUT2D eigenvalue weighted by Crippen LogP contribution is 2.16. The van der Waals surface area contributed by atoms with Crippen molar-refractivity contribution in [1.82, 2.24) is 5.43 Å². The van der Waals surface area contributed by atoms with E-state index in [2.05, 4.69) is 26.5 Å². The van der Waals surface area contributed by atoms with Gasteiger partial charge in [-0.1, -0.05) is 12.1 Å². The fourth-order valence-electron chi connectivity index (χ4n) is 1.58. The molecule has 112 valence electrons. The minimum absolute atomic E-state index is 0.117. The van der Waals surface area contributed by atoms with E-state index < -0.39 is 16.6 Å². The summed E-state index contributed by atoms with van der Waals surface area (Å²) in [6.45, 7) is 0. The van der Waals surface area contributed by atoms with Crippen LogP contribution in [-0.4, -0.2) is 17.0 Å². The summed E-state index contributed by atoms with van der Waals surface area (Å²) in [4.78, 5) is 21.9. The molecule has 0 aliphatic heterocycles. The standard InChI is InChI=1S/C14H9BrFN3O3/c15-12-6-9(4-5-13(12)16)8-17-18-14(20)10-2-1-3-11(7-10)19(21)22/h1-8H,(H,18,20)/b17-8-. The van der Waals surface area contributed by atoms with Gasteiger partial charge >= 0.3 is 0 Å². The summed E-state index contributed by atoms with van der Waals surface area (Å²) in [6.07, 6.45) is 1.33. The Morgan fingerprint density at radius 1 is 1.32 bits per heavy atom. The van der Waals surface area contributed by atoms with Gasteiger partial charge in [0.25, 0.3) is 11.6 Å². The van der Waals surface area contributed by atoms with Crippen LogP contribution in [0.25, 0.3) is 0 Å². The van der Waals surface area contributed by atoms with Crippen LogP contribution in [0.1, 0.15) is 15.9 Å². The first-order valence-corrected chi connectivity index (χ1v) is 6.79. The van der Waals surface area contributed by atoms with Crippen molar-refractivity contribution in [2.24, 2.45) is 5.10 Å². The van der Waals surface area contributed by atoms with Crippen LogP contribution < -0.4 is 5.43 Å². The van der Waals surface area contributed by atoms with Crippen LogP contribution in [-0.2, 0) is 0 Å². The van der Waals surface area contributed by atoms with E-state index in [1.807, 2.05) is 0 Å². The van der Waals surface area contributed by atoms with Crippen LogP contribution in [0, 0.1) is 15.9 Å². The lowest BCUT2D eigenvalue weighted by Gasteiger charge is -2.00. The van der Waals surface area contributed by atoms with Gasteiger partial charge in [-0.05, 0) is 39.7 Å². The van der Waals surface area contributed by atoms with E-state index in [-0.39, 0.29) is 15.7 Å². The molecule has 2 aromatic rings. The van der Waals surface area contributed by atoms with Gasteiger partial charge in [-0.2, -0.15) is 5.10 Å². The van der Waals surface area contributed by atoms with E-state index >= 15 is 0 Å². The van der Waals surface area contributed by atoms with Crippen molar-refractivity contribution in [3.8, 4) is 0 Å². The molecule has 1 N–H and O–H groups in total. The minimum Gasteiger partial charge on any atom is -0.267 e. The van der Waals surface area contributed by atoms with Crippen LogP contribution in [0.5, 0.6) is 0 Å². The second-order valence-corrected chi connectivity index (χ2v) is 5.03.